The summed E-state index contributed by atoms with van der Waals surface area (Å²) in [5, 5.41) is 0. The monoisotopic (exact) mass is 343 g/mol. The van der Waals surface area contributed by atoms with E-state index in [0.29, 0.717) is 26.2 Å². The molecule has 2 saturated heterocycles. The zero-order valence-electron chi connectivity index (χ0n) is 13.4. The molecule has 0 bridgehead atoms. The molecule has 0 saturated carbocycles. The quantitative estimate of drug-likeness (QED) is 0.825. The molecule has 3 rings (SSSR count). The van der Waals surface area contributed by atoms with Gasteiger partial charge in [0, 0.05) is 26.2 Å². The van der Waals surface area contributed by atoms with E-state index in [-0.39, 0.29) is 17.9 Å². The second-order valence-corrected chi connectivity index (χ2v) is 6.24. The van der Waals surface area contributed by atoms with E-state index in [0.717, 1.165) is 25.2 Å². The van der Waals surface area contributed by atoms with Gasteiger partial charge in [0.15, 0.2) is 0 Å². The standard InChI is InChI=1S/C16H20F3N3O2/c1-20-5-7-21(8-6-20)15(23)22-10-14(11-22)24-13-4-2-3-12(9-13)16(17,18)19/h2-4,9,14H,5-8,10-11H2,1H3. The van der Waals surface area contributed by atoms with E-state index in [4.69, 9.17) is 4.74 Å². The molecule has 0 atom stereocenters. The molecule has 2 amide bonds. The Labute approximate surface area is 138 Å². The van der Waals surface area contributed by atoms with Gasteiger partial charge >= 0.3 is 12.2 Å². The summed E-state index contributed by atoms with van der Waals surface area (Å²) in [6.07, 6.45) is -4.65. The molecule has 0 unspecified atom stereocenters. The van der Waals surface area contributed by atoms with Crippen molar-refractivity contribution in [3.63, 3.8) is 0 Å². The van der Waals surface area contributed by atoms with Gasteiger partial charge in [-0.1, -0.05) is 6.07 Å². The summed E-state index contributed by atoms with van der Waals surface area (Å²) in [5.74, 6) is 0.182. The van der Waals surface area contributed by atoms with Crippen molar-refractivity contribution in [1.29, 1.82) is 0 Å². The average molecular weight is 343 g/mol. The maximum atomic E-state index is 12.7. The molecule has 132 valence electrons. The first-order chi connectivity index (χ1) is 11.3. The number of piperazine rings is 1. The minimum Gasteiger partial charge on any atom is -0.487 e. The number of rotatable bonds is 2. The summed E-state index contributed by atoms with van der Waals surface area (Å²) in [7, 11) is 2.02. The molecule has 2 aliphatic rings. The van der Waals surface area contributed by atoms with E-state index in [2.05, 4.69) is 4.90 Å². The lowest BCUT2D eigenvalue weighted by atomic mass is 10.1. The van der Waals surface area contributed by atoms with Crippen LogP contribution in [0.1, 0.15) is 5.56 Å². The van der Waals surface area contributed by atoms with E-state index in [1.807, 2.05) is 7.05 Å². The third kappa shape index (κ3) is 3.75. The maximum Gasteiger partial charge on any atom is 0.416 e. The normalized spacial score (nSPS) is 20.0. The van der Waals surface area contributed by atoms with Gasteiger partial charge in [-0.15, -0.1) is 0 Å². The van der Waals surface area contributed by atoms with Crippen LogP contribution in [0.5, 0.6) is 5.75 Å². The molecule has 1 aromatic carbocycles. The van der Waals surface area contributed by atoms with Gasteiger partial charge < -0.3 is 19.4 Å². The van der Waals surface area contributed by atoms with Crippen LogP contribution in [0.25, 0.3) is 0 Å². The van der Waals surface area contributed by atoms with E-state index in [9.17, 15) is 18.0 Å². The number of likely N-dealkylation sites (tertiary alicyclic amines) is 1. The number of carbonyl (C=O) groups is 1. The van der Waals surface area contributed by atoms with Crippen molar-refractivity contribution in [2.45, 2.75) is 12.3 Å². The minimum absolute atomic E-state index is 0.0213. The first-order valence-corrected chi connectivity index (χ1v) is 7.89. The van der Waals surface area contributed by atoms with Crippen molar-refractivity contribution >= 4 is 6.03 Å². The summed E-state index contributed by atoms with van der Waals surface area (Å²) in [4.78, 5) is 17.9. The van der Waals surface area contributed by atoms with Crippen LogP contribution in [0.4, 0.5) is 18.0 Å². The van der Waals surface area contributed by atoms with E-state index >= 15 is 0 Å². The molecule has 2 fully saturated rings. The van der Waals surface area contributed by atoms with Crippen molar-refractivity contribution in [3.8, 4) is 5.75 Å². The summed E-state index contributed by atoms with van der Waals surface area (Å²) >= 11 is 0. The molecule has 2 aliphatic heterocycles. The van der Waals surface area contributed by atoms with Gasteiger partial charge in [-0.3, -0.25) is 0 Å². The van der Waals surface area contributed by atoms with Crippen LogP contribution in [-0.2, 0) is 6.18 Å². The number of urea groups is 1. The molecular formula is C16H20F3N3O2. The van der Waals surface area contributed by atoms with Gasteiger partial charge in [0.1, 0.15) is 11.9 Å². The second kappa shape index (κ2) is 6.51. The highest BCUT2D eigenvalue weighted by Gasteiger charge is 2.36. The maximum absolute atomic E-state index is 12.7. The van der Waals surface area contributed by atoms with Crippen LogP contribution in [0.15, 0.2) is 24.3 Å². The third-order valence-electron chi connectivity index (χ3n) is 4.36. The highest BCUT2D eigenvalue weighted by atomic mass is 19.4. The van der Waals surface area contributed by atoms with Crippen LogP contribution in [0, 0.1) is 0 Å². The molecular weight excluding hydrogens is 323 g/mol. The fourth-order valence-electron chi connectivity index (χ4n) is 2.80. The van der Waals surface area contributed by atoms with Crippen LogP contribution in [-0.4, -0.2) is 73.2 Å². The summed E-state index contributed by atoms with van der Waals surface area (Å²) in [6, 6.07) is 4.80. The zero-order valence-corrected chi connectivity index (χ0v) is 13.4. The Morgan fingerprint density at radius 2 is 1.79 bits per heavy atom. The Morgan fingerprint density at radius 3 is 2.42 bits per heavy atom. The van der Waals surface area contributed by atoms with Gasteiger partial charge in [0.2, 0.25) is 0 Å². The highest BCUT2D eigenvalue weighted by molar-refractivity contribution is 5.75. The van der Waals surface area contributed by atoms with Crippen molar-refractivity contribution in [2.24, 2.45) is 0 Å². The van der Waals surface area contributed by atoms with Crippen molar-refractivity contribution < 1.29 is 22.7 Å². The fourth-order valence-corrected chi connectivity index (χ4v) is 2.80. The number of alkyl halides is 3. The number of amides is 2. The van der Waals surface area contributed by atoms with Crippen LogP contribution < -0.4 is 4.74 Å². The molecule has 0 aliphatic carbocycles. The lowest BCUT2D eigenvalue weighted by Crippen LogP contribution is -2.61. The van der Waals surface area contributed by atoms with Crippen molar-refractivity contribution in [1.82, 2.24) is 14.7 Å². The van der Waals surface area contributed by atoms with Gasteiger partial charge in [0.25, 0.3) is 0 Å². The number of carbonyl (C=O) groups excluding carboxylic acids is 1. The predicted molar refractivity (Wildman–Crippen MR) is 81.9 cm³/mol. The number of hydrogen-bond acceptors (Lipinski definition) is 3. The molecule has 24 heavy (non-hydrogen) atoms. The second-order valence-electron chi connectivity index (χ2n) is 6.24. The number of hydrogen-bond donors (Lipinski definition) is 0. The van der Waals surface area contributed by atoms with E-state index < -0.39 is 11.7 Å². The largest absolute Gasteiger partial charge is 0.487 e. The van der Waals surface area contributed by atoms with Gasteiger partial charge in [-0.2, -0.15) is 13.2 Å². The first kappa shape index (κ1) is 16.9. The lowest BCUT2D eigenvalue weighted by molar-refractivity contribution is -0.137. The molecule has 2 heterocycles. The smallest absolute Gasteiger partial charge is 0.416 e. The Hall–Kier alpha value is -1.96. The van der Waals surface area contributed by atoms with Crippen LogP contribution >= 0.6 is 0 Å². The molecule has 0 aromatic heterocycles. The van der Waals surface area contributed by atoms with Crippen LogP contribution in [0.3, 0.4) is 0 Å². The molecule has 1 aromatic rings. The molecule has 0 N–H and O–H groups in total. The van der Waals surface area contributed by atoms with Crippen molar-refractivity contribution in [2.75, 3.05) is 46.3 Å². The highest BCUT2D eigenvalue weighted by Crippen LogP contribution is 2.32. The lowest BCUT2D eigenvalue weighted by Gasteiger charge is -2.43. The number of halogens is 3. The van der Waals surface area contributed by atoms with Gasteiger partial charge in [-0.05, 0) is 25.2 Å². The summed E-state index contributed by atoms with van der Waals surface area (Å²) < 4.78 is 43.6. The third-order valence-corrected chi connectivity index (χ3v) is 4.36. The fraction of sp³-hybridized carbons (Fsp3) is 0.562. The Bertz CT molecular complexity index is 594. The van der Waals surface area contributed by atoms with Crippen molar-refractivity contribution in [3.05, 3.63) is 29.8 Å². The predicted octanol–water partition coefficient (Wildman–Crippen LogP) is 2.14. The number of ether oxygens (including phenoxy) is 1. The van der Waals surface area contributed by atoms with E-state index in [1.165, 1.54) is 12.1 Å². The molecule has 8 heteroatoms. The molecule has 0 spiro atoms. The Kier molecular flexibility index (Phi) is 4.58. The number of benzene rings is 1. The topological polar surface area (TPSA) is 36.0 Å². The average Bonchev–Trinajstić information content (AvgIpc) is 2.50. The summed E-state index contributed by atoms with van der Waals surface area (Å²) in [5.41, 5.74) is -0.732. The first-order valence-electron chi connectivity index (χ1n) is 7.89. The zero-order chi connectivity index (χ0) is 17.3. The van der Waals surface area contributed by atoms with E-state index in [1.54, 1.807) is 9.80 Å². The Balaban J connectivity index is 1.50. The number of likely N-dealkylation sites (N-methyl/N-ethyl adjacent to an activating group) is 1. The molecule has 5 nitrogen and oxygen atoms in total. The Morgan fingerprint density at radius 1 is 1.12 bits per heavy atom. The summed E-state index contributed by atoms with van der Waals surface area (Å²) in [6.45, 7) is 3.91. The minimum atomic E-state index is -4.39. The molecule has 0 radical (unpaired) electrons. The van der Waals surface area contributed by atoms with Crippen LogP contribution in [0.2, 0.25) is 0 Å². The number of nitrogens with zero attached hydrogens (tertiary/aromatic N) is 3. The SMILES string of the molecule is CN1CCN(C(=O)N2CC(Oc3cccc(C(F)(F)F)c3)C2)CC1. The van der Waals surface area contributed by atoms with Gasteiger partial charge in [-0.25, -0.2) is 4.79 Å². The van der Waals surface area contributed by atoms with Gasteiger partial charge in [0.05, 0.1) is 18.7 Å².